The first kappa shape index (κ1) is 13.6. The van der Waals surface area contributed by atoms with E-state index in [1.807, 2.05) is 7.05 Å². The van der Waals surface area contributed by atoms with Gasteiger partial charge in [-0.15, -0.1) is 11.3 Å². The van der Waals surface area contributed by atoms with Crippen LogP contribution in [0.25, 0.3) is 0 Å². The molecule has 0 amide bonds. The molecule has 0 bridgehead atoms. The van der Waals surface area contributed by atoms with Crippen molar-refractivity contribution in [3.63, 3.8) is 0 Å². The van der Waals surface area contributed by atoms with Crippen molar-refractivity contribution in [3.8, 4) is 0 Å². The lowest BCUT2D eigenvalue weighted by Gasteiger charge is -2.20. The van der Waals surface area contributed by atoms with Crippen LogP contribution in [-0.2, 0) is 12.8 Å². The lowest BCUT2D eigenvalue weighted by molar-refractivity contribution is 0.501. The maximum absolute atomic E-state index is 13.7. The van der Waals surface area contributed by atoms with Crippen LogP contribution in [0.1, 0.15) is 40.0 Å². The summed E-state index contributed by atoms with van der Waals surface area (Å²) in [5.74, 6) is -1.04. The highest BCUT2D eigenvalue weighted by Crippen LogP contribution is 2.34. The van der Waals surface area contributed by atoms with Gasteiger partial charge in [0.05, 0.1) is 10.7 Å². The van der Waals surface area contributed by atoms with Crippen LogP contribution >= 0.6 is 11.3 Å². The van der Waals surface area contributed by atoms with Crippen LogP contribution in [0.15, 0.2) is 18.2 Å². The van der Waals surface area contributed by atoms with Crippen LogP contribution in [0, 0.1) is 11.6 Å². The summed E-state index contributed by atoms with van der Waals surface area (Å²) >= 11 is 1.64. The van der Waals surface area contributed by atoms with E-state index in [2.05, 4.69) is 10.3 Å². The fourth-order valence-corrected chi connectivity index (χ4v) is 3.93. The third-order valence-electron chi connectivity index (χ3n) is 3.70. The van der Waals surface area contributed by atoms with Crippen LogP contribution in [0.4, 0.5) is 8.78 Å². The van der Waals surface area contributed by atoms with Gasteiger partial charge in [0.25, 0.3) is 0 Å². The number of fused-ring (bicyclic) bond motifs is 1. The topological polar surface area (TPSA) is 24.9 Å². The first-order valence-electron chi connectivity index (χ1n) is 6.77. The number of aryl methyl sites for hydroxylation is 1. The maximum atomic E-state index is 13.7. The zero-order valence-corrected chi connectivity index (χ0v) is 12.1. The molecule has 1 aromatic carbocycles. The Bertz CT molecular complexity index is 624. The van der Waals surface area contributed by atoms with Gasteiger partial charge in [-0.2, -0.15) is 0 Å². The average molecular weight is 294 g/mol. The van der Waals surface area contributed by atoms with E-state index in [0.29, 0.717) is 18.0 Å². The Hall–Kier alpha value is -1.33. The van der Waals surface area contributed by atoms with Gasteiger partial charge in [-0.05, 0) is 37.9 Å². The maximum Gasteiger partial charge on any atom is 0.129 e. The molecule has 1 aliphatic rings. The Morgan fingerprint density at radius 3 is 3.00 bits per heavy atom. The molecule has 3 rings (SSSR count). The minimum absolute atomic E-state index is 0.364. The summed E-state index contributed by atoms with van der Waals surface area (Å²) in [7, 11) is 1.96. The Balaban J connectivity index is 1.87. The monoisotopic (exact) mass is 294 g/mol. The highest BCUT2D eigenvalue weighted by molar-refractivity contribution is 7.11. The zero-order chi connectivity index (χ0) is 14.1. The zero-order valence-electron chi connectivity index (χ0n) is 11.2. The molecule has 0 aliphatic heterocycles. The third-order valence-corrected chi connectivity index (χ3v) is 4.91. The quantitative estimate of drug-likeness (QED) is 0.935. The first-order chi connectivity index (χ1) is 9.67. The van der Waals surface area contributed by atoms with Gasteiger partial charge in [0.2, 0.25) is 0 Å². The Kier molecular flexibility index (Phi) is 3.81. The molecule has 1 atom stereocenters. The number of thiazole rings is 1. The van der Waals surface area contributed by atoms with Crippen LogP contribution in [0.5, 0.6) is 0 Å². The highest BCUT2D eigenvalue weighted by Gasteiger charge is 2.23. The molecule has 1 unspecified atom stereocenters. The molecule has 1 N–H and O–H groups in total. The van der Waals surface area contributed by atoms with E-state index < -0.39 is 11.6 Å². The molecule has 20 heavy (non-hydrogen) atoms. The largest absolute Gasteiger partial charge is 0.312 e. The van der Waals surface area contributed by atoms with Gasteiger partial charge in [-0.25, -0.2) is 13.8 Å². The molecule has 0 fully saturated rings. The molecular formula is C15H16F2N2S. The van der Waals surface area contributed by atoms with Gasteiger partial charge in [0.1, 0.15) is 11.6 Å². The van der Waals surface area contributed by atoms with Crippen LogP contribution < -0.4 is 5.32 Å². The molecule has 2 aromatic rings. The normalized spacial score (nSPS) is 18.1. The van der Waals surface area contributed by atoms with E-state index in [0.717, 1.165) is 36.0 Å². The van der Waals surface area contributed by atoms with Crippen LogP contribution in [0.2, 0.25) is 0 Å². The van der Waals surface area contributed by atoms with Gasteiger partial charge >= 0.3 is 0 Å². The van der Waals surface area contributed by atoms with Gasteiger partial charge in [0, 0.05) is 23.4 Å². The fourth-order valence-electron chi connectivity index (χ4n) is 2.65. The van der Waals surface area contributed by atoms with E-state index in [1.54, 1.807) is 11.3 Å². The van der Waals surface area contributed by atoms with Crippen molar-refractivity contribution >= 4 is 11.3 Å². The predicted octanol–water partition coefficient (Wildman–Crippen LogP) is 3.61. The molecule has 0 spiro atoms. The Morgan fingerprint density at radius 2 is 2.25 bits per heavy atom. The van der Waals surface area contributed by atoms with E-state index in [-0.39, 0.29) is 0 Å². The average Bonchev–Trinajstić information content (AvgIpc) is 2.84. The number of benzene rings is 1. The summed E-state index contributed by atoms with van der Waals surface area (Å²) in [4.78, 5) is 5.90. The third kappa shape index (κ3) is 2.60. The number of halogens is 2. The molecular weight excluding hydrogens is 278 g/mol. The molecule has 106 valence electrons. The smallest absolute Gasteiger partial charge is 0.129 e. The molecule has 1 aliphatic carbocycles. The van der Waals surface area contributed by atoms with Gasteiger partial charge < -0.3 is 5.32 Å². The van der Waals surface area contributed by atoms with Gasteiger partial charge in [-0.1, -0.05) is 6.07 Å². The van der Waals surface area contributed by atoms with Crippen molar-refractivity contribution in [1.82, 2.24) is 10.3 Å². The summed E-state index contributed by atoms with van der Waals surface area (Å²) in [6.07, 6.45) is 3.68. The number of nitrogens with zero attached hydrogens (tertiary/aromatic N) is 1. The number of hydrogen-bond donors (Lipinski definition) is 1. The second-order valence-corrected chi connectivity index (χ2v) is 6.18. The van der Waals surface area contributed by atoms with Crippen LogP contribution in [0.3, 0.4) is 0 Å². The fraction of sp³-hybridized carbons (Fsp3) is 0.400. The van der Waals surface area contributed by atoms with Gasteiger partial charge in [-0.3, -0.25) is 0 Å². The molecule has 0 saturated carbocycles. The molecule has 1 aromatic heterocycles. The summed E-state index contributed by atoms with van der Waals surface area (Å²) in [6, 6.07) is 4.09. The number of rotatable bonds is 3. The standard InChI is InChI=1S/C15H16F2N2S/c1-18-12-3-2-4-13-15(12)20-14(19-13)7-9-5-6-10(16)8-11(9)17/h5-6,8,12,18H,2-4,7H2,1H3. The lowest BCUT2D eigenvalue weighted by atomic mass is 9.98. The first-order valence-corrected chi connectivity index (χ1v) is 7.58. The van der Waals surface area contributed by atoms with E-state index in [1.165, 1.54) is 17.0 Å². The summed E-state index contributed by atoms with van der Waals surface area (Å²) in [5.41, 5.74) is 1.64. The van der Waals surface area contributed by atoms with E-state index >= 15 is 0 Å². The van der Waals surface area contributed by atoms with Crippen molar-refractivity contribution in [1.29, 1.82) is 0 Å². The Morgan fingerprint density at radius 1 is 1.40 bits per heavy atom. The SMILES string of the molecule is CNC1CCCc2nc(Cc3ccc(F)cc3F)sc21. The number of nitrogens with one attached hydrogen (secondary N) is 1. The minimum Gasteiger partial charge on any atom is -0.312 e. The summed E-state index contributed by atoms with van der Waals surface area (Å²) in [6.45, 7) is 0. The lowest BCUT2D eigenvalue weighted by Crippen LogP contribution is -2.19. The molecule has 5 heteroatoms. The minimum atomic E-state index is -0.542. The number of hydrogen-bond acceptors (Lipinski definition) is 3. The van der Waals surface area contributed by atoms with Crippen molar-refractivity contribution in [2.75, 3.05) is 7.05 Å². The Labute approximate surface area is 120 Å². The molecule has 2 nitrogen and oxygen atoms in total. The van der Waals surface area contributed by atoms with Crippen molar-refractivity contribution in [2.45, 2.75) is 31.7 Å². The van der Waals surface area contributed by atoms with E-state index in [4.69, 9.17) is 0 Å². The van der Waals surface area contributed by atoms with Crippen LogP contribution in [-0.4, -0.2) is 12.0 Å². The summed E-state index contributed by atoms with van der Waals surface area (Å²) < 4.78 is 26.6. The molecule has 0 radical (unpaired) electrons. The second-order valence-electron chi connectivity index (χ2n) is 5.06. The molecule has 1 heterocycles. The van der Waals surface area contributed by atoms with Crippen molar-refractivity contribution in [2.24, 2.45) is 0 Å². The van der Waals surface area contributed by atoms with E-state index in [9.17, 15) is 8.78 Å². The highest BCUT2D eigenvalue weighted by atomic mass is 32.1. The second kappa shape index (κ2) is 5.58. The predicted molar refractivity (Wildman–Crippen MR) is 76.0 cm³/mol. The van der Waals surface area contributed by atoms with Crippen molar-refractivity contribution in [3.05, 3.63) is 51.0 Å². The van der Waals surface area contributed by atoms with Crippen molar-refractivity contribution < 1.29 is 8.78 Å². The number of aromatic nitrogens is 1. The summed E-state index contributed by atoms with van der Waals surface area (Å²) in [5, 5.41) is 4.21. The molecule has 0 saturated heterocycles. The van der Waals surface area contributed by atoms with Gasteiger partial charge in [0.15, 0.2) is 0 Å².